The summed E-state index contributed by atoms with van der Waals surface area (Å²) in [6.07, 6.45) is 11.6. The molecule has 4 aromatic carbocycles. The molecule has 8 aromatic rings. The topological polar surface area (TPSA) is 295 Å². The van der Waals surface area contributed by atoms with Crippen molar-refractivity contribution in [2.45, 2.75) is 139 Å². The van der Waals surface area contributed by atoms with Crippen molar-refractivity contribution in [3.05, 3.63) is 144 Å². The van der Waals surface area contributed by atoms with E-state index in [4.69, 9.17) is 37.7 Å². The standard InChI is InChI=1S/C34H40ClN7O5S.C25H23ClN4O4S.C9H18N2O2.CH4/c1-34(2,3)47-33(44)41-18-16-40(17-19-41)32(43)38-24-11-9-10-23(20-24)37-31-36-21-28(35)30(39-31)27-22-42(29-15-8-7-14-26(27)29)48(45,46)25-12-5-4-6-13-25;26-21-14-27-25(28-17-8-6-7-16(13-17)24(31)32)29-23(21)20-15-30(22-12-5-4-11-19(20)22)35(33,34)18-9-2-1-3-10-18;1-9(2,3)13-8(12)11-6-4-10-5-7-11;/h4-8,12-15,21-24H,9-11,16-20H2,1-3H3,(H,38,43)(H,36,37,39);1-5,9-12,14-17H,6-8,13H2,(H,31,32)(H,27,28,29);10H,4-7H2,1-3H3;1H4/t23?,24-;16-,17?;;/m00../s1. The van der Waals surface area contributed by atoms with Crippen LogP contribution in [-0.4, -0.2) is 170 Å². The maximum Gasteiger partial charge on any atom is 0.410 e. The number of fused-ring (bicyclic) bond motifs is 2. The number of rotatable bonds is 12. The Morgan fingerprint density at radius 1 is 0.546 bits per heavy atom. The molecule has 4 amide bonds. The predicted molar refractivity (Wildman–Crippen MR) is 376 cm³/mol. The van der Waals surface area contributed by atoms with Gasteiger partial charge in [0.2, 0.25) is 11.9 Å². The average molecular weight is 1410 g/mol. The van der Waals surface area contributed by atoms with Gasteiger partial charge in [-0.2, -0.15) is 0 Å². The lowest BCUT2D eigenvalue weighted by Crippen LogP contribution is -2.55. The monoisotopic (exact) mass is 1410 g/mol. The number of halogens is 2. The van der Waals surface area contributed by atoms with Crippen molar-refractivity contribution in [3.63, 3.8) is 0 Å². The molecule has 24 nitrogen and oxygen atoms in total. The van der Waals surface area contributed by atoms with Crippen LogP contribution in [0.15, 0.2) is 144 Å². The van der Waals surface area contributed by atoms with Gasteiger partial charge in [0.1, 0.15) is 11.2 Å². The number of carbonyl (C=O) groups excluding carboxylic acids is 3. The van der Waals surface area contributed by atoms with Crippen LogP contribution in [0.25, 0.3) is 44.3 Å². The number of para-hydroxylation sites is 2. The molecule has 28 heteroatoms. The number of nitrogens with one attached hydrogen (secondary N) is 4. The lowest BCUT2D eigenvalue weighted by atomic mass is 9.86. The molecule has 2 aliphatic heterocycles. The third kappa shape index (κ3) is 18.2. The third-order valence-corrected chi connectivity index (χ3v) is 20.6. The van der Waals surface area contributed by atoms with E-state index < -0.39 is 37.5 Å². The number of anilines is 2. The average Bonchev–Trinajstić information content (AvgIpc) is 1.61. The van der Waals surface area contributed by atoms with Gasteiger partial charge in [0.05, 0.1) is 60.6 Å². The smallest absolute Gasteiger partial charge is 0.410 e. The molecule has 4 atom stereocenters. The molecule has 2 saturated carbocycles. The molecule has 2 saturated heterocycles. The lowest BCUT2D eigenvalue weighted by molar-refractivity contribution is -0.142. The maximum absolute atomic E-state index is 13.6. The zero-order valence-electron chi connectivity index (χ0n) is 54.5. The van der Waals surface area contributed by atoms with Gasteiger partial charge in [-0.15, -0.1) is 0 Å². The molecule has 4 aromatic heterocycles. The summed E-state index contributed by atoms with van der Waals surface area (Å²) in [7, 11) is -7.74. The second kappa shape index (κ2) is 31.3. The number of aromatic nitrogens is 6. The van der Waals surface area contributed by atoms with E-state index in [1.165, 1.54) is 26.5 Å². The fourth-order valence-electron chi connectivity index (χ4n) is 12.0. The van der Waals surface area contributed by atoms with E-state index in [0.717, 1.165) is 58.3 Å². The number of nitrogens with zero attached hydrogens (tertiary/aromatic N) is 9. The molecule has 4 aliphatic rings. The van der Waals surface area contributed by atoms with E-state index in [1.54, 1.807) is 106 Å². The van der Waals surface area contributed by atoms with Gasteiger partial charge in [-0.05, 0) is 123 Å². The fourth-order valence-corrected chi connectivity index (χ4v) is 15.1. The fraction of sp³-hybridized carbons (Fsp3) is 0.420. The van der Waals surface area contributed by atoms with E-state index in [2.05, 4.69) is 36.2 Å². The summed E-state index contributed by atoms with van der Waals surface area (Å²) in [4.78, 5) is 72.0. The number of amides is 4. The Balaban J connectivity index is 0.000000196. The zero-order chi connectivity index (χ0) is 68.5. The summed E-state index contributed by atoms with van der Waals surface area (Å²) in [6.45, 7) is 16.1. The highest BCUT2D eigenvalue weighted by atomic mass is 35.5. The van der Waals surface area contributed by atoms with Gasteiger partial charge in [0.25, 0.3) is 20.0 Å². The number of carbonyl (C=O) groups is 4. The normalized spacial score (nSPS) is 18.5. The highest BCUT2D eigenvalue weighted by Crippen LogP contribution is 2.39. The van der Waals surface area contributed by atoms with Crippen LogP contribution in [0.3, 0.4) is 0 Å². The molecule has 518 valence electrons. The molecule has 2 aliphatic carbocycles. The molecular formula is C69H85Cl2N13O11S2. The second-order valence-electron chi connectivity index (χ2n) is 26.0. The molecular weight excluding hydrogens is 1320 g/mol. The first-order valence-corrected chi connectivity index (χ1v) is 35.7. The summed E-state index contributed by atoms with van der Waals surface area (Å²) in [6, 6.07) is 30.7. The number of hydrogen-bond donors (Lipinski definition) is 5. The quantitative estimate of drug-likeness (QED) is 0.0759. The number of hydrogen-bond acceptors (Lipinski definition) is 17. The van der Waals surface area contributed by atoms with E-state index in [1.807, 2.05) is 65.8 Å². The van der Waals surface area contributed by atoms with Gasteiger partial charge in [-0.1, -0.05) is 110 Å². The molecule has 12 rings (SSSR count). The third-order valence-electron chi connectivity index (χ3n) is 16.6. The van der Waals surface area contributed by atoms with Gasteiger partial charge in [0, 0.05) is 105 Å². The number of benzene rings is 4. The first-order valence-electron chi connectivity index (χ1n) is 32.1. The Morgan fingerprint density at radius 3 is 1.40 bits per heavy atom. The zero-order valence-corrected chi connectivity index (χ0v) is 57.6. The van der Waals surface area contributed by atoms with Gasteiger partial charge in [-0.25, -0.2) is 59.1 Å². The van der Waals surface area contributed by atoms with Crippen molar-refractivity contribution in [3.8, 4) is 22.5 Å². The number of urea groups is 1. The molecule has 0 spiro atoms. The summed E-state index contributed by atoms with van der Waals surface area (Å²) < 4.78 is 67.3. The minimum Gasteiger partial charge on any atom is -0.481 e. The van der Waals surface area contributed by atoms with Crippen LogP contribution in [0.4, 0.5) is 26.3 Å². The van der Waals surface area contributed by atoms with Gasteiger partial charge >= 0.3 is 24.2 Å². The Bertz CT molecular complexity index is 4310. The van der Waals surface area contributed by atoms with Crippen molar-refractivity contribution in [2.24, 2.45) is 5.92 Å². The highest BCUT2D eigenvalue weighted by Gasteiger charge is 2.33. The Kier molecular flexibility index (Phi) is 23.5. The number of carboxylic acid groups (broad SMARTS) is 1. The van der Waals surface area contributed by atoms with Gasteiger partial charge < -0.3 is 50.5 Å². The van der Waals surface area contributed by atoms with Gasteiger partial charge in [-0.3, -0.25) is 4.79 Å². The summed E-state index contributed by atoms with van der Waals surface area (Å²) in [5, 5.41) is 24.3. The number of aliphatic carboxylic acids is 1. The molecule has 4 fully saturated rings. The van der Waals surface area contributed by atoms with Crippen LogP contribution in [0.1, 0.15) is 100 Å². The first-order chi connectivity index (χ1) is 45.7. The first kappa shape index (κ1) is 72.7. The van der Waals surface area contributed by atoms with Crippen molar-refractivity contribution < 1.29 is 50.6 Å². The van der Waals surface area contributed by atoms with Crippen molar-refractivity contribution in [1.82, 2.24) is 53.2 Å². The summed E-state index contributed by atoms with van der Waals surface area (Å²) in [5.41, 5.74) is 2.00. The summed E-state index contributed by atoms with van der Waals surface area (Å²) >= 11 is 13.1. The minimum atomic E-state index is -3.88. The highest BCUT2D eigenvalue weighted by molar-refractivity contribution is 7.90. The molecule has 5 N–H and O–H groups in total. The molecule has 2 unspecified atom stereocenters. The van der Waals surface area contributed by atoms with Crippen LogP contribution < -0.4 is 21.3 Å². The maximum atomic E-state index is 13.6. The largest absolute Gasteiger partial charge is 0.481 e. The van der Waals surface area contributed by atoms with Crippen LogP contribution >= 0.6 is 23.2 Å². The van der Waals surface area contributed by atoms with Crippen LogP contribution in [0.5, 0.6) is 0 Å². The SMILES string of the molecule is C.CC(C)(C)OC(=O)N1CCN(C(=O)N[C@H]2CCCC(Nc3ncc(Cl)c(-c4cn(S(=O)(=O)c5ccccc5)c5ccccc45)n3)C2)CC1.CC(C)(C)OC(=O)N1CCNCC1.O=C(O)[C@H]1CCCC(Nc2ncc(Cl)c(-c3cn(S(=O)(=O)c4ccccc4)c4ccccc34)n2)C1. The van der Waals surface area contributed by atoms with Crippen molar-refractivity contribution in [1.29, 1.82) is 0 Å². The molecule has 97 heavy (non-hydrogen) atoms. The van der Waals surface area contributed by atoms with E-state index in [0.29, 0.717) is 107 Å². The number of carboxylic acids is 1. The number of ether oxygens (including phenoxy) is 2. The van der Waals surface area contributed by atoms with Crippen molar-refractivity contribution in [2.75, 3.05) is 63.0 Å². The van der Waals surface area contributed by atoms with Gasteiger partial charge in [0.15, 0.2) is 0 Å². The predicted octanol–water partition coefficient (Wildman–Crippen LogP) is 12.5. The Hall–Kier alpha value is -8.56. The number of piperazine rings is 2. The minimum absolute atomic E-state index is 0. The van der Waals surface area contributed by atoms with Crippen molar-refractivity contribution >= 4 is 101 Å². The van der Waals surface area contributed by atoms with Crippen LogP contribution in [0.2, 0.25) is 10.0 Å². The molecule has 6 heterocycles. The van der Waals surface area contributed by atoms with E-state index in [9.17, 15) is 41.1 Å². The Labute approximate surface area is 576 Å². The Morgan fingerprint density at radius 2 is 0.948 bits per heavy atom. The second-order valence-corrected chi connectivity index (χ2v) is 30.4. The molecule has 0 radical (unpaired) electrons. The van der Waals surface area contributed by atoms with E-state index >= 15 is 0 Å². The van der Waals surface area contributed by atoms with Crippen LogP contribution in [-0.2, 0) is 34.3 Å². The van der Waals surface area contributed by atoms with Crippen LogP contribution in [0, 0.1) is 5.92 Å². The lowest BCUT2D eigenvalue weighted by Gasteiger charge is -2.37. The molecule has 0 bridgehead atoms. The van der Waals surface area contributed by atoms with E-state index in [-0.39, 0.29) is 64.2 Å². The summed E-state index contributed by atoms with van der Waals surface area (Å²) in [5.74, 6) is -0.494.